The summed E-state index contributed by atoms with van der Waals surface area (Å²) in [4.78, 5) is 27.6. The van der Waals surface area contributed by atoms with E-state index in [-0.39, 0.29) is 24.7 Å². The summed E-state index contributed by atoms with van der Waals surface area (Å²) in [6, 6.07) is 1.63. The number of carbonyl (C=O) groups excluding carboxylic acids is 2. The van der Waals surface area contributed by atoms with Gasteiger partial charge in [-0.3, -0.25) is 14.6 Å². The molecule has 2 rings (SSSR count). The summed E-state index contributed by atoms with van der Waals surface area (Å²) in [7, 11) is 0. The van der Waals surface area contributed by atoms with E-state index in [1.165, 1.54) is 11.1 Å². The van der Waals surface area contributed by atoms with E-state index in [2.05, 4.69) is 4.98 Å². The van der Waals surface area contributed by atoms with Crippen molar-refractivity contribution in [2.24, 2.45) is 0 Å². The van der Waals surface area contributed by atoms with Gasteiger partial charge in [0, 0.05) is 6.20 Å². The second kappa shape index (κ2) is 3.10. The standard InChI is InChI=1S/C9H9N3O2/c10-7-4-11-2-1-8(7)12-5-6(13)3-9(12)14/h1-2,4H,3,5,10H2. The lowest BCUT2D eigenvalue weighted by Gasteiger charge is -2.15. The van der Waals surface area contributed by atoms with Gasteiger partial charge < -0.3 is 10.6 Å². The zero-order valence-electron chi connectivity index (χ0n) is 7.43. The van der Waals surface area contributed by atoms with Crippen molar-refractivity contribution in [2.75, 3.05) is 17.2 Å². The highest BCUT2D eigenvalue weighted by molar-refractivity contribution is 6.15. The van der Waals surface area contributed by atoms with Crippen molar-refractivity contribution in [3.05, 3.63) is 18.5 Å². The van der Waals surface area contributed by atoms with E-state index in [0.717, 1.165) is 0 Å². The minimum atomic E-state index is -0.201. The summed E-state index contributed by atoms with van der Waals surface area (Å²) < 4.78 is 0. The normalized spacial score (nSPS) is 16.4. The molecule has 1 aromatic heterocycles. The van der Waals surface area contributed by atoms with Gasteiger partial charge in [0.1, 0.15) is 0 Å². The number of nitrogen functional groups attached to an aromatic ring is 1. The summed E-state index contributed by atoms with van der Waals surface area (Å²) in [5, 5.41) is 0. The Morgan fingerprint density at radius 2 is 2.21 bits per heavy atom. The molecule has 0 saturated carbocycles. The Kier molecular flexibility index (Phi) is 1.92. The molecule has 5 nitrogen and oxygen atoms in total. The average molecular weight is 191 g/mol. The van der Waals surface area contributed by atoms with Crippen LogP contribution in [0.3, 0.4) is 0 Å². The van der Waals surface area contributed by atoms with E-state index in [4.69, 9.17) is 5.73 Å². The molecule has 0 aliphatic carbocycles. The van der Waals surface area contributed by atoms with Gasteiger partial charge in [0.2, 0.25) is 5.91 Å². The van der Waals surface area contributed by atoms with Gasteiger partial charge in [0.15, 0.2) is 5.78 Å². The van der Waals surface area contributed by atoms with Crippen LogP contribution in [0.1, 0.15) is 6.42 Å². The number of ketones is 1. The Hall–Kier alpha value is -1.91. The summed E-state index contributed by atoms with van der Waals surface area (Å²) in [6.07, 6.45) is 2.98. The third-order valence-corrected chi connectivity index (χ3v) is 2.10. The number of rotatable bonds is 1. The maximum Gasteiger partial charge on any atom is 0.234 e. The second-order valence-electron chi connectivity index (χ2n) is 3.13. The Balaban J connectivity index is 2.36. The topological polar surface area (TPSA) is 76.3 Å². The molecule has 1 fully saturated rings. The van der Waals surface area contributed by atoms with Gasteiger partial charge in [-0.05, 0) is 6.07 Å². The molecule has 1 aromatic rings. The molecule has 14 heavy (non-hydrogen) atoms. The van der Waals surface area contributed by atoms with Gasteiger partial charge >= 0.3 is 0 Å². The van der Waals surface area contributed by atoms with E-state index >= 15 is 0 Å². The van der Waals surface area contributed by atoms with Crippen LogP contribution in [0.25, 0.3) is 0 Å². The van der Waals surface area contributed by atoms with Gasteiger partial charge in [-0.15, -0.1) is 0 Å². The fourth-order valence-corrected chi connectivity index (χ4v) is 1.45. The predicted octanol–water partition coefficient (Wildman–Crippen LogP) is -0.0304. The van der Waals surface area contributed by atoms with Gasteiger partial charge in [-0.25, -0.2) is 0 Å². The van der Waals surface area contributed by atoms with Crippen LogP contribution in [0, 0.1) is 0 Å². The minimum Gasteiger partial charge on any atom is -0.396 e. The molecular weight excluding hydrogens is 182 g/mol. The molecule has 1 aliphatic rings. The molecule has 0 atom stereocenters. The van der Waals surface area contributed by atoms with Crippen LogP contribution in [0.4, 0.5) is 11.4 Å². The Morgan fingerprint density at radius 1 is 1.43 bits per heavy atom. The highest BCUT2D eigenvalue weighted by atomic mass is 16.2. The Morgan fingerprint density at radius 3 is 2.79 bits per heavy atom. The summed E-state index contributed by atoms with van der Waals surface area (Å²) in [6.45, 7) is 0.118. The maximum absolute atomic E-state index is 11.4. The molecular formula is C9H9N3O2. The zero-order valence-corrected chi connectivity index (χ0v) is 7.43. The molecule has 1 aliphatic heterocycles. The first-order chi connectivity index (χ1) is 6.68. The maximum atomic E-state index is 11.4. The molecule has 72 valence electrons. The van der Waals surface area contributed by atoms with Crippen LogP contribution >= 0.6 is 0 Å². The van der Waals surface area contributed by atoms with Crippen molar-refractivity contribution in [3.8, 4) is 0 Å². The number of aromatic nitrogens is 1. The molecule has 0 unspecified atom stereocenters. The fourth-order valence-electron chi connectivity index (χ4n) is 1.45. The number of anilines is 2. The first-order valence-corrected chi connectivity index (χ1v) is 4.20. The molecule has 0 radical (unpaired) electrons. The van der Waals surface area contributed by atoms with Crippen LogP contribution in [-0.2, 0) is 9.59 Å². The molecule has 2 heterocycles. The van der Waals surface area contributed by atoms with Crippen molar-refractivity contribution in [2.45, 2.75) is 6.42 Å². The number of nitrogens with zero attached hydrogens (tertiary/aromatic N) is 2. The average Bonchev–Trinajstić information content (AvgIpc) is 2.46. The van der Waals surface area contributed by atoms with Crippen LogP contribution in [-0.4, -0.2) is 23.2 Å². The molecule has 1 amide bonds. The van der Waals surface area contributed by atoms with Crippen molar-refractivity contribution in [1.29, 1.82) is 0 Å². The molecule has 0 spiro atoms. The second-order valence-corrected chi connectivity index (χ2v) is 3.13. The summed E-state index contributed by atoms with van der Waals surface area (Å²) >= 11 is 0. The van der Waals surface area contributed by atoms with Crippen molar-refractivity contribution >= 4 is 23.1 Å². The summed E-state index contributed by atoms with van der Waals surface area (Å²) in [5.74, 6) is -0.279. The third kappa shape index (κ3) is 1.32. The van der Waals surface area contributed by atoms with E-state index in [9.17, 15) is 9.59 Å². The van der Waals surface area contributed by atoms with E-state index < -0.39 is 0 Å². The molecule has 5 heteroatoms. The third-order valence-electron chi connectivity index (χ3n) is 2.10. The van der Waals surface area contributed by atoms with Gasteiger partial charge in [-0.1, -0.05) is 0 Å². The van der Waals surface area contributed by atoms with Gasteiger partial charge in [0.05, 0.1) is 30.5 Å². The highest BCUT2D eigenvalue weighted by Gasteiger charge is 2.29. The Bertz CT molecular complexity index is 403. The monoisotopic (exact) mass is 191 g/mol. The minimum absolute atomic E-state index is 0.0260. The first kappa shape index (κ1) is 8.68. The van der Waals surface area contributed by atoms with Crippen LogP contribution < -0.4 is 10.6 Å². The van der Waals surface area contributed by atoms with Crippen LogP contribution in [0.2, 0.25) is 0 Å². The number of nitrogens with two attached hydrogens (primary N) is 1. The largest absolute Gasteiger partial charge is 0.396 e. The predicted molar refractivity (Wildman–Crippen MR) is 50.6 cm³/mol. The molecule has 0 aromatic carbocycles. The molecule has 0 bridgehead atoms. The highest BCUT2D eigenvalue weighted by Crippen LogP contribution is 2.24. The zero-order chi connectivity index (χ0) is 10.1. The lowest BCUT2D eigenvalue weighted by Crippen LogP contribution is -2.25. The molecule has 1 saturated heterocycles. The van der Waals surface area contributed by atoms with Gasteiger partial charge in [-0.2, -0.15) is 0 Å². The molecule has 2 N–H and O–H groups in total. The van der Waals surface area contributed by atoms with E-state index in [1.54, 1.807) is 12.3 Å². The lowest BCUT2D eigenvalue weighted by atomic mass is 10.3. The van der Waals surface area contributed by atoms with Crippen molar-refractivity contribution < 1.29 is 9.59 Å². The number of pyridine rings is 1. The fraction of sp³-hybridized carbons (Fsp3) is 0.222. The number of hydrogen-bond acceptors (Lipinski definition) is 4. The van der Waals surface area contributed by atoms with Crippen molar-refractivity contribution in [1.82, 2.24) is 4.98 Å². The lowest BCUT2D eigenvalue weighted by molar-refractivity contribution is -0.121. The summed E-state index contributed by atoms with van der Waals surface area (Å²) in [5.41, 5.74) is 6.62. The first-order valence-electron chi connectivity index (χ1n) is 4.20. The number of hydrogen-bond donors (Lipinski definition) is 1. The van der Waals surface area contributed by atoms with E-state index in [1.807, 2.05) is 0 Å². The van der Waals surface area contributed by atoms with Crippen LogP contribution in [0.5, 0.6) is 0 Å². The smallest absolute Gasteiger partial charge is 0.234 e. The SMILES string of the molecule is Nc1cnccc1N1CC(=O)CC1=O. The number of amides is 1. The Labute approximate surface area is 80.5 Å². The van der Waals surface area contributed by atoms with Crippen LogP contribution in [0.15, 0.2) is 18.5 Å². The van der Waals surface area contributed by atoms with Gasteiger partial charge in [0.25, 0.3) is 0 Å². The number of carbonyl (C=O) groups is 2. The quantitative estimate of drug-likeness (QED) is 0.632. The number of Topliss-reactive ketones (excluding diaryl/α,β-unsaturated/α-hetero) is 1. The van der Waals surface area contributed by atoms with Crippen molar-refractivity contribution in [3.63, 3.8) is 0 Å². The van der Waals surface area contributed by atoms with E-state index in [0.29, 0.717) is 11.4 Å².